The zero-order valence-corrected chi connectivity index (χ0v) is 11.6. The molecule has 102 valence electrons. The fraction of sp³-hybridized carbons (Fsp3) is 1.00. The summed E-state index contributed by atoms with van der Waals surface area (Å²) < 4.78 is 0. The molecule has 0 heterocycles. The highest BCUT2D eigenvalue weighted by atomic mass is 16.3. The third kappa shape index (κ3) is 4.94. The van der Waals surface area contributed by atoms with Crippen LogP contribution < -0.4 is 5.73 Å². The van der Waals surface area contributed by atoms with Gasteiger partial charge in [0.15, 0.2) is 0 Å². The molecule has 3 heteroatoms. The van der Waals surface area contributed by atoms with Gasteiger partial charge in [-0.2, -0.15) is 0 Å². The van der Waals surface area contributed by atoms with Gasteiger partial charge in [0.1, 0.15) is 0 Å². The van der Waals surface area contributed by atoms with Gasteiger partial charge in [0, 0.05) is 19.1 Å². The van der Waals surface area contributed by atoms with E-state index >= 15 is 0 Å². The molecule has 1 saturated carbocycles. The zero-order valence-electron chi connectivity index (χ0n) is 11.6. The smallest absolute Gasteiger partial charge is 0.0558 e. The summed E-state index contributed by atoms with van der Waals surface area (Å²) in [4.78, 5) is 2.38. The minimum absolute atomic E-state index is 0.263. The molecule has 1 aliphatic rings. The molecule has 3 nitrogen and oxygen atoms in total. The largest absolute Gasteiger partial charge is 0.395 e. The lowest BCUT2D eigenvalue weighted by Crippen LogP contribution is -2.44. The first-order valence-corrected chi connectivity index (χ1v) is 7.30. The molecule has 0 aromatic heterocycles. The number of rotatable bonds is 7. The first-order valence-electron chi connectivity index (χ1n) is 7.30. The second-order valence-electron chi connectivity index (χ2n) is 5.54. The van der Waals surface area contributed by atoms with Crippen LogP contribution in [0.1, 0.15) is 46.0 Å². The Labute approximate surface area is 106 Å². The predicted molar refractivity (Wildman–Crippen MR) is 72.9 cm³/mol. The first-order chi connectivity index (χ1) is 8.21. The molecule has 0 aromatic carbocycles. The average Bonchev–Trinajstić information content (AvgIpc) is 2.32. The van der Waals surface area contributed by atoms with E-state index in [-0.39, 0.29) is 6.61 Å². The van der Waals surface area contributed by atoms with Crippen molar-refractivity contribution in [3.05, 3.63) is 0 Å². The minimum Gasteiger partial charge on any atom is -0.395 e. The van der Waals surface area contributed by atoms with Crippen molar-refractivity contribution in [2.24, 2.45) is 17.6 Å². The van der Waals surface area contributed by atoms with Gasteiger partial charge in [-0.05, 0) is 44.1 Å². The first kappa shape index (κ1) is 14.9. The van der Waals surface area contributed by atoms with E-state index in [1.807, 2.05) is 0 Å². The quantitative estimate of drug-likeness (QED) is 0.716. The van der Waals surface area contributed by atoms with Gasteiger partial charge in [0.25, 0.3) is 0 Å². The molecule has 0 bridgehead atoms. The maximum Gasteiger partial charge on any atom is 0.0558 e. The average molecular weight is 242 g/mol. The van der Waals surface area contributed by atoms with Crippen molar-refractivity contribution in [2.75, 3.05) is 26.2 Å². The van der Waals surface area contributed by atoms with Crippen molar-refractivity contribution >= 4 is 0 Å². The fourth-order valence-electron chi connectivity index (χ4n) is 3.05. The van der Waals surface area contributed by atoms with Crippen LogP contribution in [0.15, 0.2) is 0 Å². The molecule has 1 aliphatic carbocycles. The lowest BCUT2D eigenvalue weighted by atomic mass is 9.77. The third-order valence-electron chi connectivity index (χ3n) is 4.18. The molecule has 0 radical (unpaired) electrons. The van der Waals surface area contributed by atoms with Gasteiger partial charge in [-0.25, -0.2) is 0 Å². The van der Waals surface area contributed by atoms with Crippen molar-refractivity contribution in [1.82, 2.24) is 4.90 Å². The number of nitrogens with two attached hydrogens (primary N) is 1. The van der Waals surface area contributed by atoms with Crippen LogP contribution in [0.2, 0.25) is 0 Å². The molecule has 0 saturated heterocycles. The molecule has 0 aliphatic heterocycles. The van der Waals surface area contributed by atoms with Crippen LogP contribution in [0, 0.1) is 11.8 Å². The molecule has 1 rings (SSSR count). The van der Waals surface area contributed by atoms with E-state index in [1.165, 1.54) is 25.7 Å². The number of hydrogen-bond acceptors (Lipinski definition) is 3. The van der Waals surface area contributed by atoms with Crippen molar-refractivity contribution in [2.45, 2.75) is 52.0 Å². The molecule has 1 fully saturated rings. The van der Waals surface area contributed by atoms with E-state index < -0.39 is 0 Å². The van der Waals surface area contributed by atoms with Crippen molar-refractivity contribution < 1.29 is 5.11 Å². The molecular weight excluding hydrogens is 212 g/mol. The molecule has 0 spiro atoms. The van der Waals surface area contributed by atoms with Gasteiger partial charge in [0.2, 0.25) is 0 Å². The second kappa shape index (κ2) is 8.06. The Hall–Kier alpha value is -0.120. The van der Waals surface area contributed by atoms with E-state index in [0.717, 1.165) is 32.0 Å². The molecule has 3 unspecified atom stereocenters. The molecule has 0 amide bonds. The van der Waals surface area contributed by atoms with Gasteiger partial charge < -0.3 is 15.7 Å². The van der Waals surface area contributed by atoms with Crippen LogP contribution in [0.5, 0.6) is 0 Å². The van der Waals surface area contributed by atoms with Gasteiger partial charge >= 0.3 is 0 Å². The molecule has 3 N–H and O–H groups in total. The van der Waals surface area contributed by atoms with Crippen molar-refractivity contribution in [1.29, 1.82) is 0 Å². The fourth-order valence-corrected chi connectivity index (χ4v) is 3.05. The highest BCUT2D eigenvalue weighted by Gasteiger charge is 2.28. The van der Waals surface area contributed by atoms with Crippen LogP contribution in [-0.4, -0.2) is 42.3 Å². The number of aliphatic hydroxyl groups is 1. The highest BCUT2D eigenvalue weighted by Crippen LogP contribution is 2.30. The monoisotopic (exact) mass is 242 g/mol. The van der Waals surface area contributed by atoms with E-state index in [4.69, 9.17) is 10.8 Å². The molecule has 17 heavy (non-hydrogen) atoms. The van der Waals surface area contributed by atoms with Crippen LogP contribution in [0.25, 0.3) is 0 Å². The van der Waals surface area contributed by atoms with E-state index in [0.29, 0.717) is 12.0 Å². The van der Waals surface area contributed by atoms with Crippen LogP contribution in [0.4, 0.5) is 0 Å². The number of hydrogen-bond donors (Lipinski definition) is 2. The predicted octanol–water partition coefficient (Wildman–Crippen LogP) is 1.84. The SMILES string of the molecule is CCCN(CCO)CC1CC(CC)CCC1N. The Morgan fingerprint density at radius 3 is 2.59 bits per heavy atom. The summed E-state index contributed by atoms with van der Waals surface area (Å²) in [6.45, 7) is 7.70. The highest BCUT2D eigenvalue weighted by molar-refractivity contribution is 4.84. The van der Waals surface area contributed by atoms with Crippen molar-refractivity contribution in [3.8, 4) is 0 Å². The number of aliphatic hydroxyl groups excluding tert-OH is 1. The summed E-state index contributed by atoms with van der Waals surface area (Å²) in [6, 6.07) is 0.371. The topological polar surface area (TPSA) is 49.5 Å². The number of nitrogens with zero attached hydrogens (tertiary/aromatic N) is 1. The summed E-state index contributed by atoms with van der Waals surface area (Å²) in [5, 5.41) is 9.08. The van der Waals surface area contributed by atoms with Gasteiger partial charge in [-0.1, -0.05) is 20.3 Å². The summed E-state index contributed by atoms with van der Waals surface area (Å²) in [6.07, 6.45) is 6.21. The Morgan fingerprint density at radius 1 is 1.24 bits per heavy atom. The second-order valence-corrected chi connectivity index (χ2v) is 5.54. The van der Waals surface area contributed by atoms with Gasteiger partial charge in [-0.3, -0.25) is 0 Å². The molecule has 3 atom stereocenters. The maximum atomic E-state index is 9.08. The van der Waals surface area contributed by atoms with Crippen molar-refractivity contribution in [3.63, 3.8) is 0 Å². The van der Waals surface area contributed by atoms with Crippen LogP contribution in [-0.2, 0) is 0 Å². The Morgan fingerprint density at radius 2 is 2.00 bits per heavy atom. The molecular formula is C14H30N2O. The zero-order chi connectivity index (χ0) is 12.7. The minimum atomic E-state index is 0.263. The van der Waals surface area contributed by atoms with E-state index in [1.54, 1.807) is 0 Å². The third-order valence-corrected chi connectivity index (χ3v) is 4.18. The van der Waals surface area contributed by atoms with E-state index in [9.17, 15) is 0 Å². The Bertz CT molecular complexity index is 193. The Balaban J connectivity index is 2.44. The van der Waals surface area contributed by atoms with Gasteiger partial charge in [0.05, 0.1) is 6.61 Å². The summed E-state index contributed by atoms with van der Waals surface area (Å²) in [5.41, 5.74) is 6.25. The maximum absolute atomic E-state index is 9.08. The summed E-state index contributed by atoms with van der Waals surface area (Å²) in [5.74, 6) is 1.50. The van der Waals surface area contributed by atoms with Gasteiger partial charge in [-0.15, -0.1) is 0 Å². The Kier molecular flexibility index (Phi) is 7.09. The van der Waals surface area contributed by atoms with E-state index in [2.05, 4.69) is 18.7 Å². The summed E-state index contributed by atoms with van der Waals surface area (Å²) >= 11 is 0. The van der Waals surface area contributed by atoms with Crippen LogP contribution >= 0.6 is 0 Å². The summed E-state index contributed by atoms with van der Waals surface area (Å²) in [7, 11) is 0. The molecule has 0 aromatic rings. The standard InChI is InChI=1S/C14H30N2O/c1-3-7-16(8-9-17)11-13-10-12(4-2)5-6-14(13)15/h12-14,17H,3-11,15H2,1-2H3. The van der Waals surface area contributed by atoms with Crippen LogP contribution in [0.3, 0.4) is 0 Å². The normalized spacial score (nSPS) is 29.8. The lowest BCUT2D eigenvalue weighted by Gasteiger charge is -2.37. The lowest BCUT2D eigenvalue weighted by molar-refractivity contribution is 0.133.